The van der Waals surface area contributed by atoms with Gasteiger partial charge in [0.2, 0.25) is 5.91 Å². The summed E-state index contributed by atoms with van der Waals surface area (Å²) >= 11 is 0. The van der Waals surface area contributed by atoms with E-state index >= 15 is 0 Å². The fraction of sp³-hybridized carbons (Fsp3) is 0.667. The highest BCUT2D eigenvalue weighted by molar-refractivity contribution is 5.75. The maximum atomic E-state index is 12.3. The normalized spacial score (nSPS) is 30.5. The highest BCUT2D eigenvalue weighted by Crippen LogP contribution is 2.35. The van der Waals surface area contributed by atoms with Crippen LogP contribution in [0.5, 0.6) is 0 Å². The molecule has 1 amide bonds. The van der Waals surface area contributed by atoms with Crippen LogP contribution in [0, 0.1) is 5.92 Å². The van der Waals surface area contributed by atoms with Crippen molar-refractivity contribution in [2.75, 3.05) is 26.2 Å². The van der Waals surface area contributed by atoms with Crippen molar-refractivity contribution in [3.05, 3.63) is 30.1 Å². The van der Waals surface area contributed by atoms with Gasteiger partial charge in [0.15, 0.2) is 0 Å². The van der Waals surface area contributed by atoms with E-state index in [4.69, 9.17) is 9.57 Å². The third-order valence-electron chi connectivity index (χ3n) is 5.20. The van der Waals surface area contributed by atoms with Gasteiger partial charge in [0.1, 0.15) is 0 Å². The summed E-state index contributed by atoms with van der Waals surface area (Å²) in [4.78, 5) is 24.3. The van der Waals surface area contributed by atoms with Crippen molar-refractivity contribution >= 4 is 5.91 Å². The number of ether oxygens (including phenoxy) is 1. The Morgan fingerprint density at radius 1 is 1.33 bits per heavy atom. The Hall–Kier alpha value is -1.50. The minimum Gasteiger partial charge on any atom is -0.373 e. The summed E-state index contributed by atoms with van der Waals surface area (Å²) in [5.41, 5.74) is 1.24. The molecule has 0 saturated carbocycles. The molecule has 0 bridgehead atoms. The highest BCUT2D eigenvalue weighted by atomic mass is 16.7. The molecule has 0 radical (unpaired) electrons. The third-order valence-corrected chi connectivity index (χ3v) is 5.20. The Balaban J connectivity index is 1.24. The summed E-state index contributed by atoms with van der Waals surface area (Å²) in [6, 6.07) is 4.09. The van der Waals surface area contributed by atoms with Gasteiger partial charge in [-0.05, 0) is 30.9 Å². The number of nitrogens with zero attached hydrogens (tertiary/aromatic N) is 3. The smallest absolute Gasteiger partial charge is 0.248 e. The van der Waals surface area contributed by atoms with Crippen LogP contribution in [0.15, 0.2) is 24.5 Å². The van der Waals surface area contributed by atoms with Gasteiger partial charge in [0.25, 0.3) is 0 Å². The number of hydroxylamine groups is 2. The lowest BCUT2D eigenvalue weighted by Crippen LogP contribution is -2.37. The van der Waals surface area contributed by atoms with Crippen LogP contribution in [-0.2, 0) is 20.9 Å². The van der Waals surface area contributed by atoms with Crippen LogP contribution < -0.4 is 0 Å². The van der Waals surface area contributed by atoms with E-state index < -0.39 is 0 Å². The molecule has 0 aliphatic carbocycles. The van der Waals surface area contributed by atoms with Gasteiger partial charge >= 0.3 is 0 Å². The van der Waals surface area contributed by atoms with Crippen molar-refractivity contribution in [3.8, 4) is 0 Å². The molecule has 3 atom stereocenters. The number of amides is 1. The molecule has 4 rings (SSSR count). The number of likely N-dealkylation sites (tertiary alicyclic amines) is 1. The molecule has 3 aliphatic heterocycles. The van der Waals surface area contributed by atoms with Gasteiger partial charge in [0, 0.05) is 44.5 Å². The zero-order valence-electron chi connectivity index (χ0n) is 14.0. The number of carbonyl (C=O) groups is 1. The molecule has 3 saturated heterocycles. The topological polar surface area (TPSA) is 54.9 Å². The molecule has 6 heteroatoms. The van der Waals surface area contributed by atoms with E-state index in [1.165, 1.54) is 10.6 Å². The summed E-state index contributed by atoms with van der Waals surface area (Å²) in [6.07, 6.45) is 7.56. The first-order chi connectivity index (χ1) is 11.8. The largest absolute Gasteiger partial charge is 0.373 e. The lowest BCUT2D eigenvalue weighted by atomic mass is 10.0. The molecule has 0 aromatic carbocycles. The van der Waals surface area contributed by atoms with Gasteiger partial charge in [-0.25, -0.2) is 5.06 Å². The maximum absolute atomic E-state index is 12.3. The Morgan fingerprint density at radius 2 is 2.29 bits per heavy atom. The van der Waals surface area contributed by atoms with E-state index in [2.05, 4.69) is 16.0 Å². The fourth-order valence-corrected chi connectivity index (χ4v) is 4.05. The van der Waals surface area contributed by atoms with Crippen molar-refractivity contribution in [2.24, 2.45) is 5.92 Å². The molecule has 0 spiro atoms. The van der Waals surface area contributed by atoms with Crippen LogP contribution >= 0.6 is 0 Å². The van der Waals surface area contributed by atoms with Crippen LogP contribution in [0.3, 0.4) is 0 Å². The summed E-state index contributed by atoms with van der Waals surface area (Å²) in [5.74, 6) is 0.619. The third kappa shape index (κ3) is 3.61. The van der Waals surface area contributed by atoms with Gasteiger partial charge < -0.3 is 4.74 Å². The number of aromatic nitrogens is 1. The first-order valence-corrected chi connectivity index (χ1v) is 8.98. The number of fused-ring (bicyclic) bond motifs is 1. The van der Waals surface area contributed by atoms with E-state index in [1.54, 1.807) is 6.20 Å². The average Bonchev–Trinajstić information content (AvgIpc) is 3.14. The van der Waals surface area contributed by atoms with E-state index in [1.807, 2.05) is 12.3 Å². The number of pyridine rings is 1. The van der Waals surface area contributed by atoms with Gasteiger partial charge in [-0.2, -0.15) is 0 Å². The molecule has 0 N–H and O–H groups in total. The summed E-state index contributed by atoms with van der Waals surface area (Å²) < 4.78 is 6.15. The van der Waals surface area contributed by atoms with Gasteiger partial charge in [-0.15, -0.1) is 0 Å². The highest BCUT2D eigenvalue weighted by Gasteiger charge is 2.42. The molecule has 6 nitrogen and oxygen atoms in total. The van der Waals surface area contributed by atoms with Crippen molar-refractivity contribution in [2.45, 2.75) is 44.4 Å². The summed E-state index contributed by atoms with van der Waals surface area (Å²) in [6.45, 7) is 4.30. The molecule has 1 aromatic heterocycles. The molecule has 130 valence electrons. The zero-order chi connectivity index (χ0) is 16.4. The summed E-state index contributed by atoms with van der Waals surface area (Å²) in [5, 5.41) is 1.54. The zero-order valence-corrected chi connectivity index (χ0v) is 14.0. The first kappa shape index (κ1) is 16.0. The molecule has 3 fully saturated rings. The molecular weight excluding hydrogens is 306 g/mol. The van der Waals surface area contributed by atoms with Crippen LogP contribution in [0.25, 0.3) is 0 Å². The molecule has 0 unspecified atom stereocenters. The predicted molar refractivity (Wildman–Crippen MR) is 87.8 cm³/mol. The molecule has 3 aliphatic rings. The standard InChI is InChI=1S/C18H25N3O3/c22-18(21-6-1-2-7-23-21)9-16-8-15-12-20(13-17(15)24-16)11-14-4-3-5-19-10-14/h3-5,10,15-17H,1-2,6-9,11-13H2/t15-,16+,17+/m1/s1. The second kappa shape index (κ2) is 7.17. The van der Waals surface area contributed by atoms with Crippen molar-refractivity contribution in [1.82, 2.24) is 14.9 Å². The predicted octanol–water partition coefficient (Wildman–Crippen LogP) is 1.61. The van der Waals surface area contributed by atoms with E-state index in [0.717, 1.165) is 45.4 Å². The second-order valence-corrected chi connectivity index (χ2v) is 7.09. The Labute approximate surface area is 142 Å². The monoisotopic (exact) mass is 331 g/mol. The number of rotatable bonds is 4. The molecule has 24 heavy (non-hydrogen) atoms. The molecule has 4 heterocycles. The number of carbonyl (C=O) groups excluding carboxylic acids is 1. The van der Waals surface area contributed by atoms with Crippen LogP contribution in [0.2, 0.25) is 0 Å². The lowest BCUT2D eigenvalue weighted by molar-refractivity contribution is -0.199. The molecule has 1 aromatic rings. The van der Waals surface area contributed by atoms with Crippen LogP contribution in [0.4, 0.5) is 0 Å². The van der Waals surface area contributed by atoms with E-state index in [-0.39, 0.29) is 18.1 Å². The number of hydrogen-bond acceptors (Lipinski definition) is 5. The van der Waals surface area contributed by atoms with Crippen molar-refractivity contribution < 1.29 is 14.4 Å². The van der Waals surface area contributed by atoms with Crippen LogP contribution in [-0.4, -0.2) is 59.3 Å². The van der Waals surface area contributed by atoms with E-state index in [0.29, 0.717) is 18.9 Å². The Bertz CT molecular complexity index is 548. The maximum Gasteiger partial charge on any atom is 0.248 e. The average molecular weight is 331 g/mol. The van der Waals surface area contributed by atoms with Gasteiger partial charge in [0.05, 0.1) is 25.2 Å². The van der Waals surface area contributed by atoms with Crippen LogP contribution in [0.1, 0.15) is 31.2 Å². The lowest BCUT2D eigenvalue weighted by Gasteiger charge is -2.27. The summed E-state index contributed by atoms with van der Waals surface area (Å²) in [7, 11) is 0. The van der Waals surface area contributed by atoms with Crippen molar-refractivity contribution in [1.29, 1.82) is 0 Å². The first-order valence-electron chi connectivity index (χ1n) is 8.98. The Kier molecular flexibility index (Phi) is 4.78. The second-order valence-electron chi connectivity index (χ2n) is 7.09. The SMILES string of the molecule is O=C(C[C@@H]1C[C@@H]2CN(Cc3cccnc3)C[C@@H]2O1)N1CCCCO1. The fourth-order valence-electron chi connectivity index (χ4n) is 4.05. The van der Waals surface area contributed by atoms with Gasteiger partial charge in [-0.3, -0.25) is 19.5 Å². The van der Waals surface area contributed by atoms with E-state index in [9.17, 15) is 4.79 Å². The Morgan fingerprint density at radius 3 is 3.04 bits per heavy atom. The molecular formula is C18H25N3O3. The van der Waals surface area contributed by atoms with Crippen molar-refractivity contribution in [3.63, 3.8) is 0 Å². The minimum atomic E-state index is 0.0542. The minimum absolute atomic E-state index is 0.0542. The quantitative estimate of drug-likeness (QED) is 0.839. The number of hydrogen-bond donors (Lipinski definition) is 0. The van der Waals surface area contributed by atoms with Gasteiger partial charge in [-0.1, -0.05) is 6.07 Å².